The monoisotopic (exact) mass is 416 g/mol. The number of H-pyrrole nitrogens is 1. The van der Waals surface area contributed by atoms with Crippen LogP contribution in [0.4, 0.5) is 0 Å². The molecule has 6 nitrogen and oxygen atoms in total. The molecule has 3 aromatic rings. The highest BCUT2D eigenvalue weighted by Crippen LogP contribution is 2.22. The number of carbonyl (C=O) groups is 2. The molecule has 1 fully saturated rings. The van der Waals surface area contributed by atoms with Gasteiger partial charge in [0.2, 0.25) is 5.91 Å². The predicted molar refractivity (Wildman–Crippen MR) is 120 cm³/mol. The summed E-state index contributed by atoms with van der Waals surface area (Å²) in [5, 5.41) is 6.64. The van der Waals surface area contributed by atoms with E-state index in [0.29, 0.717) is 38.3 Å². The number of carbonyl (C=O) groups excluding carboxylic acids is 2. The minimum atomic E-state index is -0.261. The number of hydrogen-bond donors (Lipinski definition) is 1. The minimum absolute atomic E-state index is 0.104. The second-order valence-corrected chi connectivity index (χ2v) is 8.01. The third-order valence-corrected chi connectivity index (χ3v) is 5.80. The van der Waals surface area contributed by atoms with Crippen LogP contribution in [0.1, 0.15) is 29.4 Å². The standard InChI is InChI=1S/C25H28N4O2/c1-2-14-28-15-16-29(25(31)23-12-13-26-27-23)18-22(24(28)30)17-19-8-10-21(11-9-19)20-6-4-3-5-7-20/h3-13,22H,2,14-18H2,1H3,(H,26,27). The molecular formula is C25H28N4O2. The predicted octanol–water partition coefficient (Wildman–Crippen LogP) is 3.63. The minimum Gasteiger partial charge on any atom is -0.341 e. The number of benzene rings is 2. The Balaban J connectivity index is 1.53. The van der Waals surface area contributed by atoms with Gasteiger partial charge in [0.15, 0.2) is 0 Å². The quantitative estimate of drug-likeness (QED) is 0.667. The van der Waals surface area contributed by atoms with Gasteiger partial charge in [0.25, 0.3) is 5.91 Å². The van der Waals surface area contributed by atoms with Gasteiger partial charge in [-0.15, -0.1) is 0 Å². The van der Waals surface area contributed by atoms with E-state index in [9.17, 15) is 9.59 Å². The molecule has 1 aliphatic heterocycles. The van der Waals surface area contributed by atoms with E-state index in [4.69, 9.17) is 0 Å². The second-order valence-electron chi connectivity index (χ2n) is 8.01. The largest absolute Gasteiger partial charge is 0.341 e. The molecular weight excluding hydrogens is 388 g/mol. The zero-order valence-electron chi connectivity index (χ0n) is 17.8. The first-order valence-electron chi connectivity index (χ1n) is 10.9. The van der Waals surface area contributed by atoms with Gasteiger partial charge >= 0.3 is 0 Å². The molecule has 0 spiro atoms. The number of nitrogens with one attached hydrogen (secondary N) is 1. The van der Waals surface area contributed by atoms with Crippen molar-refractivity contribution in [3.63, 3.8) is 0 Å². The van der Waals surface area contributed by atoms with Crippen molar-refractivity contribution in [2.75, 3.05) is 26.2 Å². The maximum Gasteiger partial charge on any atom is 0.271 e. The Hall–Kier alpha value is -3.41. The average Bonchev–Trinajstić information content (AvgIpc) is 3.30. The molecule has 0 radical (unpaired) electrons. The molecule has 6 heteroatoms. The fourth-order valence-corrected chi connectivity index (χ4v) is 4.17. The molecule has 31 heavy (non-hydrogen) atoms. The van der Waals surface area contributed by atoms with E-state index in [-0.39, 0.29) is 17.7 Å². The van der Waals surface area contributed by atoms with Crippen LogP contribution >= 0.6 is 0 Å². The van der Waals surface area contributed by atoms with Crippen LogP contribution in [0.15, 0.2) is 66.9 Å². The van der Waals surface area contributed by atoms with Crippen LogP contribution in [-0.2, 0) is 11.2 Å². The number of hydrogen-bond acceptors (Lipinski definition) is 3. The molecule has 160 valence electrons. The molecule has 4 rings (SSSR count). The van der Waals surface area contributed by atoms with Crippen LogP contribution < -0.4 is 0 Å². The van der Waals surface area contributed by atoms with Gasteiger partial charge in [0.05, 0.1) is 5.92 Å². The maximum absolute atomic E-state index is 13.3. The molecule has 0 bridgehead atoms. The first kappa shape index (κ1) is 20.8. The number of nitrogens with zero attached hydrogens (tertiary/aromatic N) is 3. The van der Waals surface area contributed by atoms with Gasteiger partial charge in [-0.1, -0.05) is 61.5 Å². The van der Waals surface area contributed by atoms with Gasteiger partial charge in [-0.25, -0.2) is 0 Å². The van der Waals surface area contributed by atoms with Gasteiger partial charge in [-0.3, -0.25) is 14.7 Å². The highest BCUT2D eigenvalue weighted by molar-refractivity contribution is 5.93. The Morgan fingerprint density at radius 1 is 1.03 bits per heavy atom. The van der Waals surface area contributed by atoms with Crippen LogP contribution in [0, 0.1) is 5.92 Å². The summed E-state index contributed by atoms with van der Waals surface area (Å²) in [4.78, 5) is 29.8. The first-order chi connectivity index (χ1) is 15.2. The molecule has 1 saturated heterocycles. The SMILES string of the molecule is CCCN1CCN(C(=O)c2ccn[nH]2)CC(Cc2ccc(-c3ccccc3)cc2)C1=O. The van der Waals surface area contributed by atoms with E-state index in [2.05, 4.69) is 53.5 Å². The number of rotatable bonds is 6. The van der Waals surface area contributed by atoms with Gasteiger partial charge in [0.1, 0.15) is 5.69 Å². The van der Waals surface area contributed by atoms with Crippen LogP contribution in [0.5, 0.6) is 0 Å². The van der Waals surface area contributed by atoms with Crippen molar-refractivity contribution in [1.29, 1.82) is 0 Å². The molecule has 1 atom stereocenters. The van der Waals surface area contributed by atoms with Gasteiger partial charge < -0.3 is 9.80 Å². The van der Waals surface area contributed by atoms with E-state index < -0.39 is 0 Å². The van der Waals surface area contributed by atoms with Crippen LogP contribution in [0.25, 0.3) is 11.1 Å². The third kappa shape index (κ3) is 4.85. The molecule has 1 unspecified atom stereocenters. The normalized spacial score (nSPS) is 16.9. The van der Waals surface area contributed by atoms with Gasteiger partial charge in [0, 0.05) is 32.4 Å². The summed E-state index contributed by atoms with van der Waals surface area (Å²) in [5.74, 6) is -0.231. The maximum atomic E-state index is 13.3. The Labute approximate surface area is 182 Å². The molecule has 0 saturated carbocycles. The van der Waals surface area contributed by atoms with Crippen molar-refractivity contribution >= 4 is 11.8 Å². The highest BCUT2D eigenvalue weighted by Gasteiger charge is 2.32. The summed E-state index contributed by atoms with van der Waals surface area (Å²) in [6, 6.07) is 20.3. The Kier molecular flexibility index (Phi) is 6.46. The van der Waals surface area contributed by atoms with Crippen molar-refractivity contribution < 1.29 is 9.59 Å². The number of aromatic nitrogens is 2. The lowest BCUT2D eigenvalue weighted by Crippen LogP contribution is -2.38. The lowest BCUT2D eigenvalue weighted by atomic mass is 9.95. The molecule has 2 heterocycles. The molecule has 2 aromatic carbocycles. The van der Waals surface area contributed by atoms with E-state index >= 15 is 0 Å². The van der Waals surface area contributed by atoms with Crippen LogP contribution in [0.2, 0.25) is 0 Å². The summed E-state index contributed by atoms with van der Waals surface area (Å²) < 4.78 is 0. The number of aromatic amines is 1. The summed E-state index contributed by atoms with van der Waals surface area (Å²) in [7, 11) is 0. The summed E-state index contributed by atoms with van der Waals surface area (Å²) in [6.07, 6.45) is 3.09. The molecule has 1 aromatic heterocycles. The first-order valence-corrected chi connectivity index (χ1v) is 10.9. The lowest BCUT2D eigenvalue weighted by Gasteiger charge is -2.23. The van der Waals surface area contributed by atoms with Crippen molar-refractivity contribution in [2.45, 2.75) is 19.8 Å². The van der Waals surface area contributed by atoms with Crippen LogP contribution in [0.3, 0.4) is 0 Å². The molecule has 0 aliphatic carbocycles. The highest BCUT2D eigenvalue weighted by atomic mass is 16.2. The Morgan fingerprint density at radius 2 is 1.77 bits per heavy atom. The number of amides is 2. The van der Waals surface area contributed by atoms with E-state index in [1.165, 1.54) is 5.56 Å². The summed E-state index contributed by atoms with van der Waals surface area (Å²) in [6.45, 7) is 4.30. The Morgan fingerprint density at radius 3 is 2.45 bits per heavy atom. The lowest BCUT2D eigenvalue weighted by molar-refractivity contribution is -0.134. The zero-order valence-corrected chi connectivity index (χ0v) is 17.8. The fourth-order valence-electron chi connectivity index (χ4n) is 4.17. The average molecular weight is 417 g/mol. The van der Waals surface area contributed by atoms with Gasteiger partial charge in [-0.05, 0) is 35.6 Å². The van der Waals surface area contributed by atoms with Gasteiger partial charge in [-0.2, -0.15) is 5.10 Å². The third-order valence-electron chi connectivity index (χ3n) is 5.80. The molecule has 2 amide bonds. The van der Waals surface area contributed by atoms with E-state index in [1.54, 1.807) is 17.2 Å². The van der Waals surface area contributed by atoms with E-state index in [1.807, 2.05) is 23.1 Å². The fraction of sp³-hybridized carbons (Fsp3) is 0.320. The zero-order chi connectivity index (χ0) is 21.6. The van der Waals surface area contributed by atoms with E-state index in [0.717, 1.165) is 17.5 Å². The van der Waals surface area contributed by atoms with Crippen molar-refractivity contribution in [3.05, 3.63) is 78.1 Å². The van der Waals surface area contributed by atoms with Crippen LogP contribution in [-0.4, -0.2) is 58.0 Å². The topological polar surface area (TPSA) is 69.3 Å². The summed E-state index contributed by atoms with van der Waals surface area (Å²) in [5.41, 5.74) is 3.89. The molecule has 1 aliphatic rings. The Bertz CT molecular complexity index is 1000. The summed E-state index contributed by atoms with van der Waals surface area (Å²) >= 11 is 0. The van der Waals surface area contributed by atoms with Crippen molar-refractivity contribution in [2.24, 2.45) is 5.92 Å². The molecule has 1 N–H and O–H groups in total. The van der Waals surface area contributed by atoms with Crippen molar-refractivity contribution in [3.8, 4) is 11.1 Å². The van der Waals surface area contributed by atoms with Crippen molar-refractivity contribution in [1.82, 2.24) is 20.0 Å². The smallest absolute Gasteiger partial charge is 0.271 e. The second kappa shape index (κ2) is 9.60.